The molecule has 1 heterocycles. The van der Waals surface area contributed by atoms with E-state index in [4.69, 9.17) is 10.2 Å². The number of carboxylic acids is 2. The smallest absolute Gasteiger partial charge is 0.326 e. The molecule has 110 valence electrons. The first-order valence-electron chi connectivity index (χ1n) is 5.86. The maximum Gasteiger partial charge on any atom is 0.326 e. The Morgan fingerprint density at radius 1 is 1.40 bits per heavy atom. The number of carbonyl (C=O) groups is 3. The van der Waals surface area contributed by atoms with Gasteiger partial charge in [0.05, 0.1) is 12.1 Å². The average Bonchev–Trinajstić information content (AvgIpc) is 2.73. The molecule has 0 fully saturated rings. The molecule has 0 radical (unpaired) electrons. The van der Waals surface area contributed by atoms with E-state index in [1.807, 2.05) is 0 Å². The highest BCUT2D eigenvalue weighted by atomic mass is 16.4. The van der Waals surface area contributed by atoms with Crippen LogP contribution in [0.5, 0.6) is 0 Å². The average molecular weight is 284 g/mol. The van der Waals surface area contributed by atoms with Gasteiger partial charge < -0.3 is 20.8 Å². The zero-order valence-electron chi connectivity index (χ0n) is 10.9. The number of nitrogens with one attached hydrogen (secondary N) is 2. The highest BCUT2D eigenvalue weighted by molar-refractivity contribution is 5.86. The summed E-state index contributed by atoms with van der Waals surface area (Å²) in [7, 11) is 1.77. The Balaban J connectivity index is 2.34. The first-order valence-corrected chi connectivity index (χ1v) is 5.86. The molecule has 20 heavy (non-hydrogen) atoms. The fourth-order valence-electron chi connectivity index (χ4n) is 1.48. The van der Waals surface area contributed by atoms with Crippen LogP contribution in [0.2, 0.25) is 0 Å². The molecule has 9 heteroatoms. The van der Waals surface area contributed by atoms with Crippen LogP contribution in [0.4, 0.5) is 4.79 Å². The molecule has 1 aromatic heterocycles. The highest BCUT2D eigenvalue weighted by Crippen LogP contribution is 1.95. The van der Waals surface area contributed by atoms with Crippen molar-refractivity contribution in [3.63, 3.8) is 0 Å². The lowest BCUT2D eigenvalue weighted by molar-refractivity contribution is -0.145. The molecule has 2 amide bonds. The van der Waals surface area contributed by atoms with E-state index in [9.17, 15) is 14.4 Å². The minimum Gasteiger partial charge on any atom is -0.481 e. The highest BCUT2D eigenvalue weighted by Gasteiger charge is 2.22. The normalized spacial score (nSPS) is 11.7. The van der Waals surface area contributed by atoms with E-state index in [1.165, 1.54) is 0 Å². The number of carboxylic acid groups (broad SMARTS) is 2. The Labute approximate surface area is 114 Å². The molecular weight excluding hydrogens is 268 g/mol. The summed E-state index contributed by atoms with van der Waals surface area (Å²) in [5.41, 5.74) is 0.785. The Morgan fingerprint density at radius 3 is 2.60 bits per heavy atom. The van der Waals surface area contributed by atoms with Crippen molar-refractivity contribution < 1.29 is 24.6 Å². The van der Waals surface area contributed by atoms with Gasteiger partial charge in [-0.05, 0) is 6.07 Å². The predicted octanol–water partition coefficient (Wildman–Crippen LogP) is -0.810. The van der Waals surface area contributed by atoms with Crippen molar-refractivity contribution in [3.05, 3.63) is 18.0 Å². The second kappa shape index (κ2) is 7.12. The Bertz CT molecular complexity index is 499. The molecule has 0 aromatic carbocycles. The van der Waals surface area contributed by atoms with Gasteiger partial charge in [0.15, 0.2) is 0 Å². The first kappa shape index (κ1) is 15.5. The number of rotatable bonds is 7. The fourth-order valence-corrected chi connectivity index (χ4v) is 1.48. The third-order valence-electron chi connectivity index (χ3n) is 2.42. The third kappa shape index (κ3) is 5.38. The molecule has 0 bridgehead atoms. The van der Waals surface area contributed by atoms with Gasteiger partial charge >= 0.3 is 18.0 Å². The number of amides is 2. The van der Waals surface area contributed by atoms with Crippen molar-refractivity contribution >= 4 is 18.0 Å². The summed E-state index contributed by atoms with van der Waals surface area (Å²) in [5, 5.41) is 25.9. The fraction of sp³-hybridized carbons (Fsp3) is 0.455. The van der Waals surface area contributed by atoms with Crippen molar-refractivity contribution in [3.8, 4) is 0 Å². The third-order valence-corrected chi connectivity index (χ3v) is 2.42. The van der Waals surface area contributed by atoms with Gasteiger partial charge in [-0.15, -0.1) is 0 Å². The van der Waals surface area contributed by atoms with E-state index >= 15 is 0 Å². The molecule has 1 rings (SSSR count). The topological polar surface area (TPSA) is 134 Å². The molecular formula is C11H16N4O5. The van der Waals surface area contributed by atoms with E-state index in [1.54, 1.807) is 24.0 Å². The van der Waals surface area contributed by atoms with Crippen LogP contribution in [0.15, 0.2) is 12.3 Å². The second-order valence-electron chi connectivity index (χ2n) is 4.12. The molecule has 0 aliphatic rings. The van der Waals surface area contributed by atoms with Crippen LogP contribution >= 0.6 is 0 Å². The van der Waals surface area contributed by atoms with Gasteiger partial charge in [0.25, 0.3) is 0 Å². The molecule has 4 N–H and O–H groups in total. The van der Waals surface area contributed by atoms with Crippen LogP contribution < -0.4 is 10.6 Å². The SMILES string of the molecule is Cn1ccc(CCNC(=O)N[C@@H](CC(=O)O)C(=O)O)n1. The summed E-state index contributed by atoms with van der Waals surface area (Å²) in [4.78, 5) is 32.6. The van der Waals surface area contributed by atoms with Gasteiger partial charge in [-0.3, -0.25) is 9.48 Å². The zero-order valence-corrected chi connectivity index (χ0v) is 10.9. The molecule has 0 saturated carbocycles. The lowest BCUT2D eigenvalue weighted by Crippen LogP contribution is -2.47. The number of aliphatic carboxylic acids is 2. The largest absolute Gasteiger partial charge is 0.481 e. The van der Waals surface area contributed by atoms with Gasteiger partial charge in [-0.2, -0.15) is 5.10 Å². The molecule has 1 aromatic rings. The Morgan fingerprint density at radius 2 is 2.10 bits per heavy atom. The van der Waals surface area contributed by atoms with E-state index in [-0.39, 0.29) is 6.54 Å². The molecule has 1 atom stereocenters. The van der Waals surface area contributed by atoms with E-state index in [2.05, 4.69) is 15.7 Å². The van der Waals surface area contributed by atoms with Crippen molar-refractivity contribution in [2.75, 3.05) is 6.54 Å². The molecule has 0 saturated heterocycles. The van der Waals surface area contributed by atoms with Crippen LogP contribution in [-0.4, -0.2) is 50.5 Å². The van der Waals surface area contributed by atoms with Crippen LogP contribution in [-0.2, 0) is 23.1 Å². The van der Waals surface area contributed by atoms with Gasteiger partial charge in [-0.1, -0.05) is 0 Å². The van der Waals surface area contributed by atoms with Gasteiger partial charge in [0, 0.05) is 26.2 Å². The Kier molecular flexibility index (Phi) is 5.51. The lowest BCUT2D eigenvalue weighted by atomic mass is 10.2. The number of hydrogen-bond donors (Lipinski definition) is 4. The summed E-state index contributed by atoms with van der Waals surface area (Å²) >= 11 is 0. The summed E-state index contributed by atoms with van der Waals surface area (Å²) in [6, 6.07) is -0.388. The van der Waals surface area contributed by atoms with Crippen molar-refractivity contribution in [2.45, 2.75) is 18.9 Å². The zero-order chi connectivity index (χ0) is 15.1. The number of hydrogen-bond acceptors (Lipinski definition) is 4. The van der Waals surface area contributed by atoms with Crippen molar-refractivity contribution in [2.24, 2.45) is 7.05 Å². The monoisotopic (exact) mass is 284 g/mol. The number of carbonyl (C=O) groups excluding carboxylic acids is 1. The summed E-state index contributed by atoms with van der Waals surface area (Å²) in [6.07, 6.45) is 1.58. The molecule has 0 spiro atoms. The molecule has 0 aliphatic carbocycles. The van der Waals surface area contributed by atoms with Crippen LogP contribution in [0.25, 0.3) is 0 Å². The molecule has 0 aliphatic heterocycles. The molecule has 0 unspecified atom stereocenters. The van der Waals surface area contributed by atoms with E-state index in [0.29, 0.717) is 6.42 Å². The van der Waals surface area contributed by atoms with E-state index < -0.39 is 30.4 Å². The number of nitrogens with zero attached hydrogens (tertiary/aromatic N) is 2. The number of aromatic nitrogens is 2. The Hall–Kier alpha value is -2.58. The lowest BCUT2D eigenvalue weighted by Gasteiger charge is -2.12. The van der Waals surface area contributed by atoms with Crippen LogP contribution in [0.1, 0.15) is 12.1 Å². The number of aryl methyl sites for hydroxylation is 1. The first-order chi connectivity index (χ1) is 9.38. The predicted molar refractivity (Wildman–Crippen MR) is 67.1 cm³/mol. The van der Waals surface area contributed by atoms with E-state index in [0.717, 1.165) is 5.69 Å². The minimum absolute atomic E-state index is 0.266. The quantitative estimate of drug-likeness (QED) is 0.517. The second-order valence-corrected chi connectivity index (χ2v) is 4.12. The van der Waals surface area contributed by atoms with Crippen molar-refractivity contribution in [1.82, 2.24) is 20.4 Å². The summed E-state index contributed by atoms with van der Waals surface area (Å²) in [5.74, 6) is -2.70. The van der Waals surface area contributed by atoms with Crippen molar-refractivity contribution in [1.29, 1.82) is 0 Å². The van der Waals surface area contributed by atoms with Crippen LogP contribution in [0, 0.1) is 0 Å². The van der Waals surface area contributed by atoms with Crippen LogP contribution in [0.3, 0.4) is 0 Å². The van der Waals surface area contributed by atoms with Gasteiger partial charge in [-0.25, -0.2) is 9.59 Å². The van der Waals surface area contributed by atoms with Gasteiger partial charge in [0.2, 0.25) is 0 Å². The maximum atomic E-state index is 11.4. The van der Waals surface area contributed by atoms with Gasteiger partial charge in [0.1, 0.15) is 6.04 Å². The summed E-state index contributed by atoms with van der Waals surface area (Å²) in [6.45, 7) is 0.266. The number of urea groups is 1. The maximum absolute atomic E-state index is 11.4. The summed E-state index contributed by atoms with van der Waals surface area (Å²) < 4.78 is 1.63. The molecule has 9 nitrogen and oxygen atoms in total. The minimum atomic E-state index is -1.46. The standard InChI is InChI=1S/C11H16N4O5/c1-15-5-3-7(14-15)2-4-12-11(20)13-8(10(18)19)6-9(16)17/h3,5,8H,2,4,6H2,1H3,(H,16,17)(H,18,19)(H2,12,13,20)/t8-/m0/s1.